The maximum Gasteiger partial charge on any atom is 0.142 e. The maximum absolute atomic E-state index is 6.06. The van der Waals surface area contributed by atoms with Gasteiger partial charge in [0, 0.05) is 17.2 Å². The number of hydrogen-bond donors (Lipinski definition) is 1. The van der Waals surface area contributed by atoms with E-state index in [1.54, 1.807) is 11.3 Å². The first kappa shape index (κ1) is 15.8. The number of nitrogens with two attached hydrogens (primary N) is 1. The molecule has 4 heteroatoms. The van der Waals surface area contributed by atoms with Gasteiger partial charge in [-0.1, -0.05) is 26.8 Å². The molecule has 21 heavy (non-hydrogen) atoms. The number of nitrogens with zero attached hydrogens (tertiary/aromatic N) is 1. The molecular formula is C17H24N2OS. The third kappa shape index (κ3) is 4.21. The van der Waals surface area contributed by atoms with Gasteiger partial charge in [0.2, 0.25) is 0 Å². The lowest BCUT2D eigenvalue weighted by Crippen LogP contribution is -2.11. The normalized spacial score (nSPS) is 11.9. The molecule has 0 radical (unpaired) electrons. The van der Waals surface area contributed by atoms with Crippen LogP contribution in [0.3, 0.4) is 0 Å². The van der Waals surface area contributed by atoms with Gasteiger partial charge in [-0.15, -0.1) is 11.3 Å². The van der Waals surface area contributed by atoms with Crippen LogP contribution in [0.25, 0.3) is 0 Å². The predicted molar refractivity (Wildman–Crippen MR) is 90.2 cm³/mol. The summed E-state index contributed by atoms with van der Waals surface area (Å²) in [5.74, 6) is 0.753. The van der Waals surface area contributed by atoms with Crippen molar-refractivity contribution in [2.75, 3.05) is 5.73 Å². The van der Waals surface area contributed by atoms with E-state index in [9.17, 15) is 0 Å². The highest BCUT2D eigenvalue weighted by atomic mass is 32.1. The third-order valence-electron chi connectivity index (χ3n) is 3.11. The van der Waals surface area contributed by atoms with Gasteiger partial charge >= 0.3 is 0 Å². The van der Waals surface area contributed by atoms with E-state index in [1.165, 1.54) is 5.56 Å². The van der Waals surface area contributed by atoms with Gasteiger partial charge in [0.15, 0.2) is 0 Å². The fourth-order valence-electron chi connectivity index (χ4n) is 1.98. The number of aromatic nitrogens is 1. The van der Waals surface area contributed by atoms with E-state index in [4.69, 9.17) is 15.5 Å². The lowest BCUT2D eigenvalue weighted by molar-refractivity contribution is 0.244. The average molecular weight is 304 g/mol. The van der Waals surface area contributed by atoms with E-state index in [0.29, 0.717) is 5.69 Å². The molecule has 0 amide bonds. The van der Waals surface area contributed by atoms with Gasteiger partial charge in [-0.2, -0.15) is 0 Å². The lowest BCUT2D eigenvalue weighted by atomic mass is 9.93. The second-order valence-electron chi connectivity index (χ2n) is 6.59. The molecule has 0 bridgehead atoms. The first-order valence-corrected chi connectivity index (χ1v) is 8.13. The Bertz CT molecular complexity index is 611. The number of rotatable bonds is 4. The topological polar surface area (TPSA) is 48.1 Å². The standard InChI is InChI=1S/C17H24N2OS/c1-11(2)20-14-7-6-12(8-13(14)18)9-16-19-15(10-21-16)17(3,4)5/h6-8,10-11H,9,18H2,1-5H3. The van der Waals surface area contributed by atoms with Crippen LogP contribution in [0, 0.1) is 0 Å². The molecular weight excluding hydrogens is 280 g/mol. The van der Waals surface area contributed by atoms with Gasteiger partial charge in [-0.3, -0.25) is 0 Å². The van der Waals surface area contributed by atoms with Crippen molar-refractivity contribution in [1.29, 1.82) is 0 Å². The molecule has 3 nitrogen and oxygen atoms in total. The largest absolute Gasteiger partial charge is 0.489 e. The summed E-state index contributed by atoms with van der Waals surface area (Å²) < 4.78 is 5.66. The molecule has 1 aromatic carbocycles. The first-order valence-electron chi connectivity index (χ1n) is 7.25. The van der Waals surface area contributed by atoms with Crippen molar-refractivity contribution >= 4 is 17.0 Å². The minimum Gasteiger partial charge on any atom is -0.489 e. The summed E-state index contributed by atoms with van der Waals surface area (Å²) in [5, 5.41) is 3.27. The number of ether oxygens (including phenoxy) is 1. The summed E-state index contributed by atoms with van der Waals surface area (Å²) in [6, 6.07) is 5.99. The maximum atomic E-state index is 6.06. The molecule has 0 fully saturated rings. The van der Waals surface area contributed by atoms with Crippen LogP contribution >= 0.6 is 11.3 Å². The predicted octanol–water partition coefficient (Wildman–Crippen LogP) is 4.40. The Morgan fingerprint density at radius 3 is 2.52 bits per heavy atom. The zero-order valence-electron chi connectivity index (χ0n) is 13.4. The molecule has 2 rings (SSSR count). The van der Waals surface area contributed by atoms with E-state index in [2.05, 4.69) is 32.2 Å². The van der Waals surface area contributed by atoms with Crippen molar-refractivity contribution in [3.63, 3.8) is 0 Å². The van der Waals surface area contributed by atoms with E-state index in [-0.39, 0.29) is 11.5 Å². The van der Waals surface area contributed by atoms with Crippen LogP contribution < -0.4 is 10.5 Å². The number of thiazole rings is 1. The highest BCUT2D eigenvalue weighted by molar-refractivity contribution is 7.09. The van der Waals surface area contributed by atoms with Crippen molar-refractivity contribution < 1.29 is 4.74 Å². The second-order valence-corrected chi connectivity index (χ2v) is 7.53. The Kier molecular flexibility index (Phi) is 4.57. The van der Waals surface area contributed by atoms with Crippen molar-refractivity contribution in [1.82, 2.24) is 4.98 Å². The number of hydrogen-bond acceptors (Lipinski definition) is 4. The van der Waals surface area contributed by atoms with Crippen LogP contribution in [0.1, 0.15) is 50.9 Å². The smallest absolute Gasteiger partial charge is 0.142 e. The molecule has 1 heterocycles. The molecule has 1 aromatic heterocycles. The van der Waals surface area contributed by atoms with E-state index in [0.717, 1.165) is 22.9 Å². The molecule has 0 unspecified atom stereocenters. The molecule has 114 valence electrons. The summed E-state index contributed by atoms with van der Waals surface area (Å²) in [7, 11) is 0. The van der Waals surface area contributed by atoms with Crippen LogP contribution in [0.15, 0.2) is 23.6 Å². The minimum absolute atomic E-state index is 0.0999. The average Bonchev–Trinajstić information content (AvgIpc) is 2.80. The Labute approximate surface area is 131 Å². The van der Waals surface area contributed by atoms with Crippen LogP contribution in [0.4, 0.5) is 5.69 Å². The Morgan fingerprint density at radius 2 is 2.00 bits per heavy atom. The Hall–Kier alpha value is -1.55. The molecule has 0 aliphatic heterocycles. The van der Waals surface area contributed by atoms with Crippen molar-refractivity contribution in [3.05, 3.63) is 39.8 Å². The summed E-state index contributed by atoms with van der Waals surface area (Å²) >= 11 is 1.71. The van der Waals surface area contributed by atoms with Gasteiger partial charge in [0.05, 0.1) is 22.5 Å². The zero-order valence-corrected chi connectivity index (χ0v) is 14.3. The summed E-state index contributed by atoms with van der Waals surface area (Å²) in [6.45, 7) is 10.5. The fraction of sp³-hybridized carbons (Fsp3) is 0.471. The molecule has 0 saturated carbocycles. The van der Waals surface area contributed by atoms with Crippen molar-refractivity contribution in [2.24, 2.45) is 0 Å². The van der Waals surface area contributed by atoms with Crippen molar-refractivity contribution in [3.8, 4) is 5.75 Å². The lowest BCUT2D eigenvalue weighted by Gasteiger charge is -2.14. The van der Waals surface area contributed by atoms with Gasteiger partial charge in [-0.05, 0) is 31.5 Å². The highest BCUT2D eigenvalue weighted by Gasteiger charge is 2.17. The fourth-order valence-corrected chi connectivity index (χ4v) is 3.04. The molecule has 0 aliphatic carbocycles. The first-order chi connectivity index (χ1) is 9.75. The van der Waals surface area contributed by atoms with Gasteiger partial charge in [0.25, 0.3) is 0 Å². The van der Waals surface area contributed by atoms with Gasteiger partial charge < -0.3 is 10.5 Å². The van der Waals surface area contributed by atoms with Gasteiger partial charge in [0.1, 0.15) is 5.75 Å². The molecule has 0 aliphatic rings. The number of anilines is 1. The van der Waals surface area contributed by atoms with E-state index >= 15 is 0 Å². The van der Waals surface area contributed by atoms with Crippen LogP contribution in [-0.4, -0.2) is 11.1 Å². The quantitative estimate of drug-likeness (QED) is 0.852. The molecule has 0 saturated heterocycles. The Balaban J connectivity index is 2.13. The number of benzene rings is 1. The molecule has 0 spiro atoms. The summed E-state index contributed by atoms with van der Waals surface area (Å²) in [4.78, 5) is 4.72. The molecule has 0 atom stereocenters. The van der Waals surface area contributed by atoms with E-state index < -0.39 is 0 Å². The monoisotopic (exact) mass is 304 g/mol. The highest BCUT2D eigenvalue weighted by Crippen LogP contribution is 2.27. The second kappa shape index (κ2) is 6.06. The summed E-state index contributed by atoms with van der Waals surface area (Å²) in [6.07, 6.45) is 0.943. The SMILES string of the molecule is CC(C)Oc1ccc(Cc2nc(C(C)(C)C)cs2)cc1N. The minimum atomic E-state index is 0.0999. The summed E-state index contributed by atoms with van der Waals surface area (Å²) in [5.41, 5.74) is 9.16. The van der Waals surface area contributed by atoms with E-state index in [1.807, 2.05) is 26.0 Å². The molecule has 2 N–H and O–H groups in total. The van der Waals surface area contributed by atoms with Crippen LogP contribution in [0.5, 0.6) is 5.75 Å². The van der Waals surface area contributed by atoms with Crippen LogP contribution in [-0.2, 0) is 11.8 Å². The van der Waals surface area contributed by atoms with Crippen LogP contribution in [0.2, 0.25) is 0 Å². The third-order valence-corrected chi connectivity index (χ3v) is 3.96. The Morgan fingerprint density at radius 1 is 1.29 bits per heavy atom. The van der Waals surface area contributed by atoms with Crippen molar-refractivity contribution in [2.45, 2.75) is 52.6 Å². The number of nitrogen functional groups attached to an aromatic ring is 1. The van der Waals surface area contributed by atoms with Gasteiger partial charge in [-0.25, -0.2) is 4.98 Å². The zero-order chi connectivity index (χ0) is 15.6. The molecule has 2 aromatic rings.